The average Bonchev–Trinajstić information content (AvgIpc) is 3.30. The Labute approximate surface area is 233 Å². The number of carbonyl (C=O) groups is 4. The molecule has 10 nitrogen and oxygen atoms in total. The molecule has 0 radical (unpaired) electrons. The third-order valence-corrected chi connectivity index (χ3v) is 6.61. The standard InChI is InChI=1S/C30H35NO9/c1-29(2,3)40-26(33)24-22(19-10-14-21(37-5)15-11-19)23(25(32)27(34)38-6)30(31-24,28(35)39-7)17-16-18-8-12-20(36-4)13-9-18/h8-17,22-24,31H,1-7H3/b17-16+/t22-,23+,24-,30+/m1/s1. The summed E-state index contributed by atoms with van der Waals surface area (Å²) >= 11 is 0. The van der Waals surface area contributed by atoms with Gasteiger partial charge in [0.25, 0.3) is 0 Å². The van der Waals surface area contributed by atoms with E-state index in [2.05, 4.69) is 5.32 Å². The fourth-order valence-electron chi connectivity index (χ4n) is 4.81. The lowest BCUT2D eigenvalue weighted by atomic mass is 9.72. The summed E-state index contributed by atoms with van der Waals surface area (Å²) in [6, 6.07) is 12.4. The van der Waals surface area contributed by atoms with Gasteiger partial charge >= 0.3 is 17.9 Å². The maximum Gasteiger partial charge on any atom is 0.374 e. The van der Waals surface area contributed by atoms with E-state index in [1.165, 1.54) is 13.2 Å². The van der Waals surface area contributed by atoms with Crippen LogP contribution in [0.25, 0.3) is 6.08 Å². The largest absolute Gasteiger partial charge is 0.497 e. The molecule has 1 saturated heterocycles. The van der Waals surface area contributed by atoms with Crippen LogP contribution in [0.2, 0.25) is 0 Å². The van der Waals surface area contributed by atoms with Crippen molar-refractivity contribution in [3.05, 3.63) is 65.7 Å². The minimum absolute atomic E-state index is 0.495. The summed E-state index contributed by atoms with van der Waals surface area (Å²) in [6.07, 6.45) is 3.04. The first-order valence-electron chi connectivity index (χ1n) is 12.6. The second kappa shape index (κ2) is 12.3. The number of rotatable bonds is 9. The normalized spacial score (nSPS) is 22.4. The van der Waals surface area contributed by atoms with E-state index in [1.807, 2.05) is 0 Å². The molecule has 0 bridgehead atoms. The van der Waals surface area contributed by atoms with Crippen molar-refractivity contribution in [3.63, 3.8) is 0 Å². The highest BCUT2D eigenvalue weighted by Gasteiger charge is 2.64. The molecule has 214 valence electrons. The minimum Gasteiger partial charge on any atom is -0.497 e. The molecular formula is C30H35NO9. The van der Waals surface area contributed by atoms with E-state index < -0.39 is 52.7 Å². The molecule has 10 heteroatoms. The second-order valence-corrected chi connectivity index (χ2v) is 10.3. The Bertz CT molecular complexity index is 1260. The quantitative estimate of drug-likeness (QED) is 0.281. The van der Waals surface area contributed by atoms with Gasteiger partial charge in [0.2, 0.25) is 5.78 Å². The van der Waals surface area contributed by atoms with E-state index >= 15 is 0 Å². The molecule has 0 unspecified atom stereocenters. The van der Waals surface area contributed by atoms with Crippen LogP contribution in [0.4, 0.5) is 0 Å². The first kappa shape index (κ1) is 30.4. The smallest absolute Gasteiger partial charge is 0.374 e. The predicted molar refractivity (Wildman–Crippen MR) is 146 cm³/mol. The number of carbonyl (C=O) groups excluding carboxylic acids is 4. The van der Waals surface area contributed by atoms with E-state index in [4.69, 9.17) is 23.7 Å². The lowest BCUT2D eigenvalue weighted by Gasteiger charge is -2.30. The Morgan fingerprint density at radius 3 is 1.85 bits per heavy atom. The Balaban J connectivity index is 2.27. The molecule has 4 atom stereocenters. The van der Waals surface area contributed by atoms with Gasteiger partial charge < -0.3 is 23.7 Å². The zero-order valence-electron chi connectivity index (χ0n) is 23.7. The summed E-state index contributed by atoms with van der Waals surface area (Å²) in [5.41, 5.74) is -1.65. The summed E-state index contributed by atoms with van der Waals surface area (Å²) in [5, 5.41) is 3.04. The SMILES string of the molecule is COC(=O)C(=O)[C@@H]1[C@@H](c2ccc(OC)cc2)[C@H](C(=O)OC(C)(C)C)N[C@]1(/C=C/c1ccc(OC)cc1)C(=O)OC. The predicted octanol–water partition coefficient (Wildman–Crippen LogP) is 3.08. The molecule has 1 N–H and O–H groups in total. The van der Waals surface area contributed by atoms with Crippen molar-refractivity contribution >= 4 is 29.8 Å². The van der Waals surface area contributed by atoms with Crippen molar-refractivity contribution in [2.75, 3.05) is 28.4 Å². The van der Waals surface area contributed by atoms with Gasteiger partial charge in [-0.25, -0.2) is 9.59 Å². The Hall–Kier alpha value is -4.18. The van der Waals surface area contributed by atoms with Crippen LogP contribution in [0.1, 0.15) is 37.8 Å². The summed E-state index contributed by atoms with van der Waals surface area (Å²) < 4.78 is 26.1. The van der Waals surface area contributed by atoms with Gasteiger partial charge in [-0.1, -0.05) is 36.4 Å². The van der Waals surface area contributed by atoms with Crippen LogP contribution in [0.15, 0.2) is 54.6 Å². The molecule has 0 amide bonds. The first-order valence-corrected chi connectivity index (χ1v) is 12.6. The van der Waals surface area contributed by atoms with Crippen molar-refractivity contribution in [1.82, 2.24) is 5.32 Å². The molecule has 40 heavy (non-hydrogen) atoms. The Kier molecular flexibility index (Phi) is 9.36. The summed E-state index contributed by atoms with van der Waals surface area (Å²) in [4.78, 5) is 53.6. The van der Waals surface area contributed by atoms with Crippen molar-refractivity contribution in [2.45, 2.75) is 43.9 Å². The maximum absolute atomic E-state index is 13.7. The highest BCUT2D eigenvalue weighted by Crippen LogP contribution is 2.46. The fourth-order valence-corrected chi connectivity index (χ4v) is 4.81. The van der Waals surface area contributed by atoms with E-state index in [0.717, 1.165) is 14.2 Å². The molecule has 2 aromatic rings. The van der Waals surface area contributed by atoms with Crippen LogP contribution in [-0.4, -0.2) is 69.3 Å². The maximum atomic E-state index is 13.7. The van der Waals surface area contributed by atoms with Gasteiger partial charge in [-0.15, -0.1) is 0 Å². The number of hydrogen-bond donors (Lipinski definition) is 1. The lowest BCUT2D eigenvalue weighted by molar-refractivity contribution is -0.158. The van der Waals surface area contributed by atoms with Crippen LogP contribution < -0.4 is 14.8 Å². The van der Waals surface area contributed by atoms with E-state index in [9.17, 15) is 19.2 Å². The zero-order valence-corrected chi connectivity index (χ0v) is 23.7. The van der Waals surface area contributed by atoms with Gasteiger partial charge in [0, 0.05) is 5.92 Å². The third-order valence-electron chi connectivity index (χ3n) is 6.61. The van der Waals surface area contributed by atoms with E-state index in [0.29, 0.717) is 22.6 Å². The van der Waals surface area contributed by atoms with Gasteiger partial charge in [0.05, 0.1) is 34.4 Å². The summed E-state index contributed by atoms with van der Waals surface area (Å²) in [6.45, 7) is 5.11. The molecule has 0 saturated carbocycles. The van der Waals surface area contributed by atoms with Crippen LogP contribution in [0, 0.1) is 5.92 Å². The fraction of sp³-hybridized carbons (Fsp3) is 0.400. The number of ether oxygens (including phenoxy) is 5. The number of Topliss-reactive ketones (excluding diaryl/α,β-unsaturated/α-hetero) is 1. The average molecular weight is 554 g/mol. The Morgan fingerprint density at radius 1 is 0.825 bits per heavy atom. The number of nitrogens with one attached hydrogen (secondary N) is 1. The summed E-state index contributed by atoms with van der Waals surface area (Å²) in [5.74, 6) is -5.04. The molecule has 1 heterocycles. The second-order valence-electron chi connectivity index (χ2n) is 10.3. The first-order chi connectivity index (χ1) is 18.9. The number of esters is 3. The van der Waals surface area contributed by atoms with E-state index in [1.54, 1.807) is 82.5 Å². The van der Waals surface area contributed by atoms with Crippen molar-refractivity contribution < 1.29 is 42.9 Å². The molecule has 0 aliphatic carbocycles. The lowest BCUT2D eigenvalue weighted by Crippen LogP contribution is -2.56. The molecule has 1 fully saturated rings. The van der Waals surface area contributed by atoms with Crippen molar-refractivity contribution in [2.24, 2.45) is 5.92 Å². The van der Waals surface area contributed by atoms with E-state index in [-0.39, 0.29) is 0 Å². The van der Waals surface area contributed by atoms with Crippen LogP contribution in [0.3, 0.4) is 0 Å². The molecule has 2 aromatic carbocycles. The third kappa shape index (κ3) is 6.34. The van der Waals surface area contributed by atoms with Gasteiger partial charge in [0.1, 0.15) is 28.7 Å². The molecule has 1 aliphatic rings. The molecule has 0 spiro atoms. The highest BCUT2D eigenvalue weighted by molar-refractivity contribution is 6.36. The van der Waals surface area contributed by atoms with Gasteiger partial charge in [-0.3, -0.25) is 14.9 Å². The number of ketones is 1. The number of hydrogen-bond acceptors (Lipinski definition) is 10. The van der Waals surface area contributed by atoms with Crippen LogP contribution >= 0.6 is 0 Å². The zero-order chi connectivity index (χ0) is 29.7. The van der Waals surface area contributed by atoms with Gasteiger partial charge in [0.15, 0.2) is 0 Å². The number of methoxy groups -OCH3 is 4. The van der Waals surface area contributed by atoms with Gasteiger partial charge in [-0.05, 0) is 56.2 Å². The van der Waals surface area contributed by atoms with Crippen LogP contribution in [0.5, 0.6) is 11.5 Å². The highest BCUT2D eigenvalue weighted by atomic mass is 16.6. The topological polar surface area (TPSA) is 126 Å². The minimum atomic E-state index is -1.94. The monoisotopic (exact) mass is 553 g/mol. The summed E-state index contributed by atoms with van der Waals surface area (Å²) in [7, 11) is 5.28. The van der Waals surface area contributed by atoms with Crippen molar-refractivity contribution in [1.29, 1.82) is 0 Å². The molecule has 3 rings (SSSR count). The van der Waals surface area contributed by atoms with Gasteiger partial charge in [-0.2, -0.15) is 0 Å². The van der Waals surface area contributed by atoms with Crippen molar-refractivity contribution in [3.8, 4) is 11.5 Å². The molecular weight excluding hydrogens is 518 g/mol. The Morgan fingerprint density at radius 2 is 1.38 bits per heavy atom. The van der Waals surface area contributed by atoms with Crippen LogP contribution in [-0.2, 0) is 33.4 Å². The molecule has 1 aliphatic heterocycles. The number of benzene rings is 2. The molecule has 0 aromatic heterocycles.